The van der Waals surface area contributed by atoms with E-state index in [1.807, 2.05) is 36.4 Å². The second-order valence-electron chi connectivity index (χ2n) is 7.31. The molecule has 0 unspecified atom stereocenters. The van der Waals surface area contributed by atoms with Crippen molar-refractivity contribution in [2.75, 3.05) is 4.90 Å². The molecule has 2 bridgehead atoms. The number of amides is 2. The second kappa shape index (κ2) is 5.04. The molecular formula is C21H19NO2. The number of fused-ring (bicyclic) bond motifs is 5. The lowest BCUT2D eigenvalue weighted by Gasteiger charge is -2.28. The van der Waals surface area contributed by atoms with Crippen LogP contribution in [0.3, 0.4) is 0 Å². The maximum Gasteiger partial charge on any atom is 0.237 e. The number of anilines is 1. The summed E-state index contributed by atoms with van der Waals surface area (Å²) in [5.41, 5.74) is 2.04. The number of carbonyl (C=O) groups excluding carboxylic acids is 2. The van der Waals surface area contributed by atoms with E-state index in [9.17, 15) is 9.59 Å². The SMILES string of the molecule is O=C1[C@@H]2[C@@H]3C[C@@H]([C@H]2C(=O)N1c1ccccc1)[C@@H](c1ccccc1)C3. The number of hydrogen-bond donors (Lipinski definition) is 0. The quantitative estimate of drug-likeness (QED) is 0.793. The van der Waals surface area contributed by atoms with Crippen LogP contribution in [0.2, 0.25) is 0 Å². The largest absolute Gasteiger partial charge is 0.274 e. The molecule has 1 saturated heterocycles. The van der Waals surface area contributed by atoms with Gasteiger partial charge in [0.05, 0.1) is 17.5 Å². The predicted octanol–water partition coefficient (Wildman–Crippen LogP) is 3.62. The van der Waals surface area contributed by atoms with Crippen LogP contribution in [0.1, 0.15) is 24.3 Å². The lowest BCUT2D eigenvalue weighted by molar-refractivity contribution is -0.123. The molecule has 1 aliphatic heterocycles. The van der Waals surface area contributed by atoms with Crippen molar-refractivity contribution in [1.29, 1.82) is 0 Å². The third-order valence-corrected chi connectivity index (χ3v) is 6.26. The molecule has 24 heavy (non-hydrogen) atoms. The van der Waals surface area contributed by atoms with Gasteiger partial charge in [-0.05, 0) is 48.3 Å². The van der Waals surface area contributed by atoms with Gasteiger partial charge in [-0.1, -0.05) is 48.5 Å². The molecule has 5 rings (SSSR count). The van der Waals surface area contributed by atoms with Gasteiger partial charge in [-0.15, -0.1) is 0 Å². The van der Waals surface area contributed by atoms with E-state index in [2.05, 4.69) is 24.3 Å². The molecule has 2 aromatic carbocycles. The standard InChI is InChI=1S/C21H19NO2/c23-20-18-14-11-16(13-7-3-1-4-8-13)17(12-14)19(18)21(24)22(20)15-9-5-2-6-10-15/h1-10,14,16-19H,11-12H2/t14-,16+,17+,18+,19+/m0/s1. The smallest absolute Gasteiger partial charge is 0.237 e. The van der Waals surface area contributed by atoms with Gasteiger partial charge >= 0.3 is 0 Å². The van der Waals surface area contributed by atoms with E-state index >= 15 is 0 Å². The molecule has 3 nitrogen and oxygen atoms in total. The van der Waals surface area contributed by atoms with Crippen LogP contribution in [0.4, 0.5) is 5.69 Å². The normalized spacial score (nSPS) is 34.0. The summed E-state index contributed by atoms with van der Waals surface area (Å²) in [7, 11) is 0. The molecule has 3 aliphatic rings. The summed E-state index contributed by atoms with van der Waals surface area (Å²) in [6, 6.07) is 19.9. The van der Waals surface area contributed by atoms with Crippen LogP contribution < -0.4 is 4.90 Å². The van der Waals surface area contributed by atoms with Crippen LogP contribution in [0.25, 0.3) is 0 Å². The first kappa shape index (κ1) is 14.0. The molecule has 0 radical (unpaired) electrons. The van der Waals surface area contributed by atoms with Gasteiger partial charge in [-0.3, -0.25) is 14.5 Å². The number of carbonyl (C=O) groups is 2. The Kier molecular flexibility index (Phi) is 2.93. The van der Waals surface area contributed by atoms with Crippen LogP contribution in [-0.2, 0) is 9.59 Å². The molecule has 2 amide bonds. The topological polar surface area (TPSA) is 37.4 Å². The van der Waals surface area contributed by atoms with E-state index in [1.54, 1.807) is 0 Å². The van der Waals surface area contributed by atoms with Crippen LogP contribution >= 0.6 is 0 Å². The summed E-state index contributed by atoms with van der Waals surface area (Å²) in [6.45, 7) is 0. The fraction of sp³-hybridized carbons (Fsp3) is 0.333. The lowest BCUT2D eigenvalue weighted by atomic mass is 9.73. The van der Waals surface area contributed by atoms with Crippen LogP contribution in [0, 0.1) is 23.7 Å². The fourth-order valence-electron chi connectivity index (χ4n) is 5.37. The number of rotatable bonds is 2. The first-order valence-corrected chi connectivity index (χ1v) is 8.73. The van der Waals surface area contributed by atoms with Crippen molar-refractivity contribution in [3.8, 4) is 0 Å². The Bertz CT molecular complexity index is 801. The predicted molar refractivity (Wildman–Crippen MR) is 91.3 cm³/mol. The van der Waals surface area contributed by atoms with Crippen LogP contribution in [0.15, 0.2) is 60.7 Å². The number of hydrogen-bond acceptors (Lipinski definition) is 2. The summed E-state index contributed by atoms with van der Waals surface area (Å²) in [5, 5.41) is 0. The Labute approximate surface area is 141 Å². The maximum absolute atomic E-state index is 13.1. The van der Waals surface area contributed by atoms with Crippen molar-refractivity contribution >= 4 is 17.5 Å². The van der Waals surface area contributed by atoms with E-state index in [0.717, 1.165) is 18.5 Å². The summed E-state index contributed by atoms with van der Waals surface area (Å²) in [4.78, 5) is 27.5. The highest BCUT2D eigenvalue weighted by molar-refractivity contribution is 6.22. The minimum Gasteiger partial charge on any atom is -0.274 e. The first-order chi connectivity index (χ1) is 11.8. The lowest BCUT2D eigenvalue weighted by Crippen LogP contribution is -2.32. The molecular weight excluding hydrogens is 298 g/mol. The van der Waals surface area contributed by atoms with E-state index in [-0.39, 0.29) is 23.7 Å². The molecule has 2 saturated carbocycles. The number of para-hydroxylation sites is 1. The third-order valence-electron chi connectivity index (χ3n) is 6.26. The minimum absolute atomic E-state index is 0.0179. The number of imide groups is 1. The monoisotopic (exact) mass is 317 g/mol. The third kappa shape index (κ3) is 1.78. The maximum atomic E-state index is 13.1. The fourth-order valence-corrected chi connectivity index (χ4v) is 5.37. The molecule has 2 aliphatic carbocycles. The second-order valence-corrected chi connectivity index (χ2v) is 7.31. The van der Waals surface area contributed by atoms with E-state index in [1.165, 1.54) is 10.5 Å². The van der Waals surface area contributed by atoms with Gasteiger partial charge in [0.2, 0.25) is 11.8 Å². The molecule has 0 aromatic heterocycles. The Hall–Kier alpha value is -2.42. The van der Waals surface area contributed by atoms with Crippen molar-refractivity contribution in [2.45, 2.75) is 18.8 Å². The molecule has 0 N–H and O–H groups in total. The molecule has 0 spiro atoms. The van der Waals surface area contributed by atoms with Gasteiger partial charge in [-0.2, -0.15) is 0 Å². The molecule has 1 heterocycles. The van der Waals surface area contributed by atoms with Gasteiger partial charge in [-0.25, -0.2) is 0 Å². The Morgan fingerprint density at radius 2 is 1.38 bits per heavy atom. The molecule has 3 heteroatoms. The van der Waals surface area contributed by atoms with Crippen molar-refractivity contribution in [3.05, 3.63) is 66.2 Å². The van der Waals surface area contributed by atoms with E-state index < -0.39 is 0 Å². The van der Waals surface area contributed by atoms with Gasteiger partial charge in [0.15, 0.2) is 0 Å². The molecule has 5 atom stereocenters. The first-order valence-electron chi connectivity index (χ1n) is 8.73. The molecule has 2 aromatic rings. The summed E-state index contributed by atoms with van der Waals surface area (Å²) in [5.74, 6) is 0.914. The average molecular weight is 317 g/mol. The zero-order chi connectivity index (χ0) is 16.3. The van der Waals surface area contributed by atoms with Gasteiger partial charge in [0.25, 0.3) is 0 Å². The molecule has 3 fully saturated rings. The van der Waals surface area contributed by atoms with E-state index in [4.69, 9.17) is 0 Å². The van der Waals surface area contributed by atoms with Crippen LogP contribution in [-0.4, -0.2) is 11.8 Å². The van der Waals surface area contributed by atoms with Gasteiger partial charge in [0, 0.05) is 0 Å². The summed E-state index contributed by atoms with van der Waals surface area (Å²) >= 11 is 0. The minimum atomic E-state index is -0.123. The Balaban J connectivity index is 1.50. The number of nitrogens with zero attached hydrogens (tertiary/aromatic N) is 1. The Morgan fingerprint density at radius 1 is 0.750 bits per heavy atom. The van der Waals surface area contributed by atoms with Gasteiger partial charge < -0.3 is 0 Å². The van der Waals surface area contributed by atoms with Crippen molar-refractivity contribution in [1.82, 2.24) is 0 Å². The van der Waals surface area contributed by atoms with Crippen molar-refractivity contribution in [2.24, 2.45) is 23.7 Å². The zero-order valence-electron chi connectivity index (χ0n) is 13.3. The summed E-state index contributed by atoms with van der Waals surface area (Å²) < 4.78 is 0. The van der Waals surface area contributed by atoms with Crippen molar-refractivity contribution < 1.29 is 9.59 Å². The highest BCUT2D eigenvalue weighted by atomic mass is 16.2. The van der Waals surface area contributed by atoms with E-state index in [0.29, 0.717) is 17.8 Å². The average Bonchev–Trinajstić information content (AvgIpc) is 3.28. The highest BCUT2D eigenvalue weighted by Crippen LogP contribution is 2.61. The van der Waals surface area contributed by atoms with Gasteiger partial charge in [0.1, 0.15) is 0 Å². The zero-order valence-corrected chi connectivity index (χ0v) is 13.3. The summed E-state index contributed by atoms with van der Waals surface area (Å²) in [6.07, 6.45) is 2.06. The Morgan fingerprint density at radius 3 is 2.08 bits per heavy atom. The number of benzene rings is 2. The van der Waals surface area contributed by atoms with Crippen molar-refractivity contribution in [3.63, 3.8) is 0 Å². The molecule has 120 valence electrons. The highest BCUT2D eigenvalue weighted by Gasteiger charge is 2.64. The van der Waals surface area contributed by atoms with Crippen LogP contribution in [0.5, 0.6) is 0 Å².